The zero-order valence-corrected chi connectivity index (χ0v) is 13.0. The van der Waals surface area contributed by atoms with Crippen LogP contribution >= 0.6 is 0 Å². The topological polar surface area (TPSA) is 75.6 Å². The fourth-order valence-corrected chi connectivity index (χ4v) is 1.43. The normalized spacial score (nSPS) is 21.1. The minimum Gasteiger partial charge on any atom is -0.424 e. The molecule has 0 spiro atoms. The molecule has 18 heavy (non-hydrogen) atoms. The van der Waals surface area contributed by atoms with E-state index >= 15 is 0 Å². The fraction of sp³-hybridized carbons (Fsp3) is 0.167. The van der Waals surface area contributed by atoms with Crippen LogP contribution in [0.4, 0.5) is 0 Å². The molecule has 2 N–H and O–H groups in total. The van der Waals surface area contributed by atoms with Gasteiger partial charge in [0.15, 0.2) is 0 Å². The van der Waals surface area contributed by atoms with Crippen LogP contribution in [0.25, 0.3) is 0 Å². The number of carbonyl (C=O) groups excluding carboxylic acids is 2. The van der Waals surface area contributed by atoms with Crippen molar-refractivity contribution in [3.05, 3.63) is 48.0 Å². The summed E-state index contributed by atoms with van der Waals surface area (Å²) in [6, 6.07) is 8.57. The van der Waals surface area contributed by atoms with Crippen LogP contribution < -0.4 is 5.32 Å². The van der Waals surface area contributed by atoms with Gasteiger partial charge in [0.2, 0.25) is 5.79 Å². The predicted molar refractivity (Wildman–Crippen MR) is 64.7 cm³/mol. The molecule has 1 atom stereocenters. The molecule has 6 heteroatoms. The first-order chi connectivity index (χ1) is 8.09. The Morgan fingerprint density at radius 1 is 1.33 bits per heavy atom. The van der Waals surface area contributed by atoms with Gasteiger partial charge in [-0.05, 0) is 18.2 Å². The van der Waals surface area contributed by atoms with Crippen molar-refractivity contribution in [3.8, 4) is 0 Å². The second-order valence-electron chi connectivity index (χ2n) is 3.65. The van der Waals surface area contributed by atoms with Crippen molar-refractivity contribution in [2.45, 2.75) is 5.79 Å². The average molecular weight is 272 g/mol. The van der Waals surface area contributed by atoms with Crippen LogP contribution in [-0.2, 0) is 9.53 Å². The van der Waals surface area contributed by atoms with Crippen LogP contribution in [-0.4, -0.2) is 80.7 Å². The first kappa shape index (κ1) is 15.6. The second-order valence-corrected chi connectivity index (χ2v) is 3.65. The van der Waals surface area contributed by atoms with Crippen molar-refractivity contribution in [3.63, 3.8) is 0 Å². The van der Waals surface area contributed by atoms with E-state index in [9.17, 15) is 14.7 Å². The average Bonchev–Trinajstić information content (AvgIpc) is 2.68. The number of aliphatic hydroxyl groups is 1. The van der Waals surface area contributed by atoms with E-state index in [0.717, 1.165) is 6.08 Å². The number of benzene rings is 1. The van der Waals surface area contributed by atoms with Gasteiger partial charge in [0.25, 0.3) is 5.91 Å². The summed E-state index contributed by atoms with van der Waals surface area (Å²) in [5.41, 5.74) is 0.476. The first-order valence-electron chi connectivity index (χ1n) is 5.07. The molecule has 1 radical (unpaired) electrons. The Morgan fingerprint density at radius 2 is 2.00 bits per heavy atom. The van der Waals surface area contributed by atoms with E-state index in [1.807, 2.05) is 0 Å². The van der Waals surface area contributed by atoms with Gasteiger partial charge in [-0.3, -0.25) is 4.79 Å². The minimum absolute atomic E-state index is 0. The van der Waals surface area contributed by atoms with Gasteiger partial charge in [-0.15, -0.1) is 0 Å². The molecular weight excluding hydrogens is 261 g/mol. The maximum atomic E-state index is 11.6. The molecular formula is C12H11KNO4. The Bertz CT molecular complexity index is 474. The number of hydrogen-bond acceptors (Lipinski definition) is 4. The van der Waals surface area contributed by atoms with Crippen molar-refractivity contribution in [1.82, 2.24) is 5.32 Å². The molecule has 5 nitrogen and oxygen atoms in total. The number of carbonyl (C=O) groups is 2. The number of cyclic esters (lactones) is 1. The molecule has 0 saturated carbocycles. The summed E-state index contributed by atoms with van der Waals surface area (Å²) in [5.74, 6) is -2.70. The smallest absolute Gasteiger partial charge is 0.333 e. The fourth-order valence-electron chi connectivity index (χ4n) is 1.43. The van der Waals surface area contributed by atoms with Crippen LogP contribution in [0.5, 0.6) is 0 Å². The number of esters is 1. The van der Waals surface area contributed by atoms with Crippen molar-refractivity contribution >= 4 is 63.3 Å². The first-order valence-corrected chi connectivity index (χ1v) is 5.07. The zero-order chi connectivity index (χ0) is 12.3. The quantitative estimate of drug-likeness (QED) is 0.592. The number of nitrogens with one attached hydrogen (secondary N) is 1. The Balaban J connectivity index is 0.00000162. The monoisotopic (exact) mass is 272 g/mol. The minimum atomic E-state index is -1.73. The van der Waals surface area contributed by atoms with Crippen LogP contribution in [0.3, 0.4) is 0 Å². The Morgan fingerprint density at radius 3 is 2.56 bits per heavy atom. The van der Waals surface area contributed by atoms with Gasteiger partial charge < -0.3 is 15.2 Å². The molecule has 0 saturated heterocycles. The molecule has 89 valence electrons. The maximum Gasteiger partial charge on any atom is 0.333 e. The van der Waals surface area contributed by atoms with Crippen molar-refractivity contribution in [1.29, 1.82) is 0 Å². The number of rotatable bonds is 3. The SMILES string of the molecule is O=C1C=CC(O)(CNC(=O)c2ccccc2)O1.[K]. The summed E-state index contributed by atoms with van der Waals surface area (Å²) < 4.78 is 4.63. The molecule has 0 aliphatic carbocycles. The summed E-state index contributed by atoms with van der Waals surface area (Å²) in [4.78, 5) is 22.4. The molecule has 0 aromatic heterocycles. The third-order valence-corrected chi connectivity index (χ3v) is 2.30. The molecule has 1 aliphatic heterocycles. The van der Waals surface area contributed by atoms with Crippen molar-refractivity contribution in [2.24, 2.45) is 0 Å². The van der Waals surface area contributed by atoms with E-state index < -0.39 is 11.8 Å². The van der Waals surface area contributed by atoms with E-state index in [2.05, 4.69) is 10.1 Å². The van der Waals surface area contributed by atoms with Crippen molar-refractivity contribution < 1.29 is 19.4 Å². The maximum absolute atomic E-state index is 11.6. The molecule has 1 aromatic carbocycles. The second kappa shape index (κ2) is 6.60. The number of amides is 1. The summed E-state index contributed by atoms with van der Waals surface area (Å²) in [7, 11) is 0. The van der Waals surface area contributed by atoms with Crippen LogP contribution in [0.2, 0.25) is 0 Å². The van der Waals surface area contributed by atoms with Gasteiger partial charge in [-0.2, -0.15) is 0 Å². The molecule has 2 rings (SSSR count). The van der Waals surface area contributed by atoms with Gasteiger partial charge in [0.05, 0.1) is 6.54 Å². The third kappa shape index (κ3) is 4.01. The molecule has 1 aliphatic rings. The van der Waals surface area contributed by atoms with E-state index in [0.29, 0.717) is 5.56 Å². The molecule has 0 bridgehead atoms. The van der Waals surface area contributed by atoms with Crippen molar-refractivity contribution in [2.75, 3.05) is 6.54 Å². The van der Waals surface area contributed by atoms with Gasteiger partial charge in [-0.25, -0.2) is 4.79 Å². The van der Waals surface area contributed by atoms with Gasteiger partial charge in [0, 0.05) is 63.0 Å². The molecule has 0 fully saturated rings. The molecule has 1 amide bonds. The van der Waals surface area contributed by atoms with Gasteiger partial charge in [0.1, 0.15) is 0 Å². The third-order valence-electron chi connectivity index (χ3n) is 2.30. The van der Waals surface area contributed by atoms with Gasteiger partial charge >= 0.3 is 5.97 Å². The summed E-state index contributed by atoms with van der Waals surface area (Å²) in [6.45, 7) is -0.178. The van der Waals surface area contributed by atoms with E-state index in [-0.39, 0.29) is 63.8 Å². The largest absolute Gasteiger partial charge is 0.424 e. The van der Waals surface area contributed by atoms with Crippen LogP contribution in [0, 0.1) is 0 Å². The number of ether oxygens (including phenoxy) is 1. The van der Waals surface area contributed by atoms with E-state index in [4.69, 9.17) is 0 Å². The number of hydrogen-bond donors (Lipinski definition) is 2. The Hall–Kier alpha value is -0.504. The van der Waals surface area contributed by atoms with E-state index in [1.54, 1.807) is 30.3 Å². The summed E-state index contributed by atoms with van der Waals surface area (Å²) in [6.07, 6.45) is 2.33. The predicted octanol–water partition coefficient (Wildman–Crippen LogP) is -0.163. The molecule has 1 heterocycles. The molecule has 1 unspecified atom stereocenters. The van der Waals surface area contributed by atoms with Crippen LogP contribution in [0.1, 0.15) is 10.4 Å². The molecule has 1 aromatic rings. The van der Waals surface area contributed by atoms with Gasteiger partial charge in [-0.1, -0.05) is 18.2 Å². The van der Waals surface area contributed by atoms with Crippen LogP contribution in [0.15, 0.2) is 42.5 Å². The standard InChI is InChI=1S/C12H11NO4.K/c14-10-6-7-12(16,17-10)8-13-11(15)9-4-2-1-3-5-9;/h1-7,16H,8H2,(H,13,15);. The summed E-state index contributed by atoms with van der Waals surface area (Å²) >= 11 is 0. The zero-order valence-electron chi connectivity index (χ0n) is 9.92. The Labute approximate surface area is 147 Å². The van der Waals surface area contributed by atoms with E-state index in [1.165, 1.54) is 6.08 Å². The Kier molecular flexibility index (Phi) is 5.70. The summed E-state index contributed by atoms with van der Waals surface area (Å²) in [5, 5.41) is 12.2.